The lowest BCUT2D eigenvalue weighted by molar-refractivity contribution is -0.127. The molecule has 0 spiro atoms. The van der Waals surface area contributed by atoms with Crippen LogP contribution in [0.5, 0.6) is 0 Å². The van der Waals surface area contributed by atoms with Crippen molar-refractivity contribution >= 4 is 11.8 Å². The SMILES string of the molecule is O=C1NC(=O)[C@H]2C3C=CC([C@@H]12)[C@@H]1C=C[C@H]31. The molecule has 0 aromatic carbocycles. The van der Waals surface area contributed by atoms with E-state index in [1.165, 1.54) is 0 Å². The molecule has 1 aliphatic heterocycles. The number of imide groups is 1. The topological polar surface area (TPSA) is 46.2 Å². The molecular weight excluding hydrogens is 190 g/mol. The van der Waals surface area contributed by atoms with E-state index < -0.39 is 0 Å². The van der Waals surface area contributed by atoms with Crippen molar-refractivity contribution < 1.29 is 9.59 Å². The second-order valence-corrected chi connectivity index (χ2v) is 4.98. The Balaban J connectivity index is 1.88. The monoisotopic (exact) mass is 201 g/mol. The van der Waals surface area contributed by atoms with E-state index in [9.17, 15) is 9.59 Å². The Morgan fingerprint density at radius 2 is 1.13 bits per heavy atom. The third kappa shape index (κ3) is 0.715. The zero-order valence-electron chi connectivity index (χ0n) is 8.09. The molecule has 2 unspecified atom stereocenters. The molecule has 15 heavy (non-hydrogen) atoms. The fourth-order valence-corrected chi connectivity index (χ4v) is 3.81. The Hall–Kier alpha value is -1.38. The van der Waals surface area contributed by atoms with Gasteiger partial charge < -0.3 is 0 Å². The summed E-state index contributed by atoms with van der Waals surface area (Å²) >= 11 is 0. The molecule has 2 amide bonds. The van der Waals surface area contributed by atoms with Gasteiger partial charge >= 0.3 is 0 Å². The molecule has 1 heterocycles. The molecule has 3 heteroatoms. The Morgan fingerprint density at radius 3 is 1.53 bits per heavy atom. The predicted molar refractivity (Wildman–Crippen MR) is 52.4 cm³/mol. The molecule has 1 saturated heterocycles. The third-order valence-corrected chi connectivity index (χ3v) is 4.51. The van der Waals surface area contributed by atoms with Crippen molar-refractivity contribution in [2.24, 2.45) is 35.5 Å². The van der Waals surface area contributed by atoms with E-state index in [1.807, 2.05) is 0 Å². The number of carbonyl (C=O) groups excluding carboxylic acids is 2. The standard InChI is InChI=1S/C12H11NO2/c14-11-9-7-3-4-8(6-2-1-5(6)7)10(9)12(15)13-11/h1-10H,(H,13,14,15)/t5-,6+,7?,8?,9-,10+. The third-order valence-electron chi connectivity index (χ3n) is 4.51. The van der Waals surface area contributed by atoms with Crippen molar-refractivity contribution in [2.45, 2.75) is 0 Å². The molecule has 5 rings (SSSR count). The minimum atomic E-state index is -0.0845. The smallest absolute Gasteiger partial charge is 0.231 e. The van der Waals surface area contributed by atoms with Gasteiger partial charge in [-0.25, -0.2) is 0 Å². The van der Waals surface area contributed by atoms with Gasteiger partial charge in [-0.05, 0) is 23.7 Å². The molecular formula is C12H11NO2. The maximum absolute atomic E-state index is 11.7. The summed E-state index contributed by atoms with van der Waals surface area (Å²) in [6.45, 7) is 0. The van der Waals surface area contributed by atoms with Crippen LogP contribution in [0.1, 0.15) is 0 Å². The van der Waals surface area contributed by atoms with Crippen molar-refractivity contribution in [3.8, 4) is 0 Å². The first kappa shape index (κ1) is 7.85. The number of hydrogen-bond donors (Lipinski definition) is 1. The number of nitrogens with one attached hydrogen (secondary N) is 1. The van der Waals surface area contributed by atoms with E-state index in [4.69, 9.17) is 0 Å². The van der Waals surface area contributed by atoms with Crippen LogP contribution in [0.25, 0.3) is 0 Å². The highest BCUT2D eigenvalue weighted by Gasteiger charge is 2.60. The second-order valence-electron chi connectivity index (χ2n) is 4.98. The van der Waals surface area contributed by atoms with Crippen molar-refractivity contribution in [3.05, 3.63) is 24.3 Å². The van der Waals surface area contributed by atoms with Gasteiger partial charge in [-0.3, -0.25) is 14.9 Å². The molecule has 2 fully saturated rings. The first-order chi connectivity index (χ1) is 7.27. The number of carbonyl (C=O) groups is 2. The minimum absolute atomic E-state index is 0.0527. The molecule has 1 saturated carbocycles. The summed E-state index contributed by atoms with van der Waals surface area (Å²) in [6.07, 6.45) is 8.68. The van der Waals surface area contributed by atoms with E-state index in [0.29, 0.717) is 11.8 Å². The summed E-state index contributed by atoms with van der Waals surface area (Å²) in [6, 6.07) is 0. The maximum atomic E-state index is 11.7. The maximum Gasteiger partial charge on any atom is 0.231 e. The molecule has 76 valence electrons. The summed E-state index contributed by atoms with van der Waals surface area (Å²) in [7, 11) is 0. The van der Waals surface area contributed by atoms with E-state index in [1.54, 1.807) is 0 Å². The van der Waals surface area contributed by atoms with Crippen molar-refractivity contribution in [1.82, 2.24) is 5.32 Å². The van der Waals surface area contributed by atoms with Gasteiger partial charge in [-0.15, -0.1) is 0 Å². The van der Waals surface area contributed by atoms with Crippen LogP contribution >= 0.6 is 0 Å². The summed E-state index contributed by atoms with van der Waals surface area (Å²) < 4.78 is 0. The number of rotatable bonds is 0. The second kappa shape index (κ2) is 2.23. The van der Waals surface area contributed by atoms with Crippen LogP contribution in [0.4, 0.5) is 0 Å². The average molecular weight is 201 g/mol. The highest BCUT2D eigenvalue weighted by molar-refractivity contribution is 6.06. The molecule has 3 nitrogen and oxygen atoms in total. The predicted octanol–water partition coefficient (Wildman–Crippen LogP) is 0.493. The average Bonchev–Trinajstić information content (AvgIpc) is 2.44. The van der Waals surface area contributed by atoms with Crippen LogP contribution in [-0.4, -0.2) is 11.8 Å². The van der Waals surface area contributed by atoms with Crippen molar-refractivity contribution in [2.75, 3.05) is 0 Å². The van der Waals surface area contributed by atoms with Crippen molar-refractivity contribution in [1.29, 1.82) is 0 Å². The van der Waals surface area contributed by atoms with Crippen LogP contribution in [0, 0.1) is 35.5 Å². The minimum Gasteiger partial charge on any atom is -0.296 e. The summed E-state index contributed by atoms with van der Waals surface area (Å²) in [5.74, 6) is 1.28. The highest BCUT2D eigenvalue weighted by Crippen LogP contribution is 2.57. The largest absolute Gasteiger partial charge is 0.296 e. The molecule has 5 aliphatic rings. The molecule has 1 N–H and O–H groups in total. The first-order valence-corrected chi connectivity index (χ1v) is 5.49. The van der Waals surface area contributed by atoms with Crippen LogP contribution in [0.2, 0.25) is 0 Å². The van der Waals surface area contributed by atoms with E-state index in [2.05, 4.69) is 29.6 Å². The van der Waals surface area contributed by atoms with Gasteiger partial charge in [0.2, 0.25) is 11.8 Å². The lowest BCUT2D eigenvalue weighted by atomic mass is 9.50. The molecule has 6 atom stereocenters. The van der Waals surface area contributed by atoms with Gasteiger partial charge in [-0.2, -0.15) is 0 Å². The van der Waals surface area contributed by atoms with Crippen LogP contribution < -0.4 is 5.32 Å². The molecule has 0 radical (unpaired) electrons. The Kier molecular flexibility index (Phi) is 1.17. The summed E-state index contributed by atoms with van der Waals surface area (Å²) in [5, 5.41) is 2.48. The Bertz CT molecular complexity index is 399. The summed E-state index contributed by atoms with van der Waals surface area (Å²) in [5.41, 5.74) is 0. The van der Waals surface area contributed by atoms with Crippen LogP contribution in [-0.2, 0) is 9.59 Å². The van der Waals surface area contributed by atoms with Gasteiger partial charge in [-0.1, -0.05) is 24.3 Å². The Labute approximate surface area is 87.2 Å². The van der Waals surface area contributed by atoms with Crippen LogP contribution in [0.3, 0.4) is 0 Å². The van der Waals surface area contributed by atoms with E-state index in [-0.39, 0.29) is 35.5 Å². The summed E-state index contributed by atoms with van der Waals surface area (Å²) in [4.78, 5) is 23.4. The highest BCUT2D eigenvalue weighted by atomic mass is 16.2. The van der Waals surface area contributed by atoms with E-state index in [0.717, 1.165) is 0 Å². The van der Waals surface area contributed by atoms with Gasteiger partial charge in [0.05, 0.1) is 11.8 Å². The zero-order valence-corrected chi connectivity index (χ0v) is 8.09. The number of allylic oxidation sites excluding steroid dienone is 4. The number of amides is 2. The van der Waals surface area contributed by atoms with Gasteiger partial charge in [0.25, 0.3) is 0 Å². The van der Waals surface area contributed by atoms with Gasteiger partial charge in [0.1, 0.15) is 0 Å². The molecule has 0 aromatic rings. The molecule has 2 bridgehead atoms. The first-order valence-electron chi connectivity index (χ1n) is 5.49. The molecule has 0 aromatic heterocycles. The quantitative estimate of drug-likeness (QED) is 0.458. The lowest BCUT2D eigenvalue weighted by Crippen LogP contribution is -2.50. The van der Waals surface area contributed by atoms with Gasteiger partial charge in [0.15, 0.2) is 0 Å². The Morgan fingerprint density at radius 1 is 0.733 bits per heavy atom. The fourth-order valence-electron chi connectivity index (χ4n) is 3.81. The van der Waals surface area contributed by atoms with Crippen LogP contribution in [0.15, 0.2) is 24.3 Å². The zero-order chi connectivity index (χ0) is 10.2. The number of hydrogen-bond acceptors (Lipinski definition) is 2. The fraction of sp³-hybridized carbons (Fsp3) is 0.500. The molecule has 4 aliphatic carbocycles. The lowest BCUT2D eigenvalue weighted by Gasteiger charge is -2.51. The van der Waals surface area contributed by atoms with Crippen molar-refractivity contribution in [3.63, 3.8) is 0 Å². The normalized spacial score (nSPS) is 53.6. The van der Waals surface area contributed by atoms with Gasteiger partial charge in [0, 0.05) is 0 Å². The van der Waals surface area contributed by atoms with E-state index >= 15 is 0 Å².